The molecule has 0 saturated carbocycles. The van der Waals surface area contributed by atoms with Crippen molar-refractivity contribution < 1.29 is 18.6 Å². The highest BCUT2D eigenvalue weighted by Gasteiger charge is 2.53. The molecule has 9 heteroatoms. The van der Waals surface area contributed by atoms with E-state index < -0.39 is 6.04 Å². The van der Waals surface area contributed by atoms with Crippen molar-refractivity contribution in [1.29, 1.82) is 0 Å². The number of anilines is 1. The highest BCUT2D eigenvalue weighted by molar-refractivity contribution is 6.23. The zero-order chi connectivity index (χ0) is 23.8. The van der Waals surface area contributed by atoms with Crippen LogP contribution in [0.2, 0.25) is 0 Å². The molecule has 2 aromatic rings. The summed E-state index contributed by atoms with van der Waals surface area (Å²) in [6.07, 6.45) is 0. The molecule has 0 N–H and O–H groups in total. The predicted octanol–water partition coefficient (Wildman–Crippen LogP) is 1.86. The lowest BCUT2D eigenvalue weighted by Crippen LogP contribution is -2.61. The number of nitrogens with zero attached hydrogens (tertiary/aromatic N) is 6. The number of halogens is 1. The zero-order valence-corrected chi connectivity index (χ0v) is 19.4. The molecule has 1 atom stereocenters. The number of piperazine rings is 1. The van der Waals surface area contributed by atoms with Gasteiger partial charge in [-0.25, -0.2) is 13.8 Å². The number of aliphatic imine (C=N–C) groups is 1. The van der Waals surface area contributed by atoms with Crippen LogP contribution < -0.4 is 4.90 Å². The van der Waals surface area contributed by atoms with Gasteiger partial charge in [0.2, 0.25) is 0 Å². The molecular weight excluding hydrogens is 435 g/mol. The van der Waals surface area contributed by atoms with Crippen molar-refractivity contribution >= 4 is 29.3 Å². The normalized spacial score (nSPS) is 21.3. The van der Waals surface area contributed by atoms with Gasteiger partial charge in [-0.1, -0.05) is 42.5 Å². The number of likely N-dealkylation sites (N-methyl/N-ethyl adjacent to an activating group) is 2. The van der Waals surface area contributed by atoms with Gasteiger partial charge in [-0.3, -0.25) is 19.5 Å². The van der Waals surface area contributed by atoms with Crippen molar-refractivity contribution in [3.63, 3.8) is 0 Å². The average molecular weight is 464 g/mol. The first-order valence-electron chi connectivity index (χ1n) is 11.5. The first-order chi connectivity index (χ1) is 16.4. The van der Waals surface area contributed by atoms with Gasteiger partial charge in [0.1, 0.15) is 18.9 Å². The largest absolute Gasteiger partial charge is 0.367 e. The van der Waals surface area contributed by atoms with Crippen molar-refractivity contribution in [1.82, 2.24) is 14.7 Å². The average Bonchev–Trinajstić information content (AvgIpc) is 3.20. The summed E-state index contributed by atoms with van der Waals surface area (Å²) < 4.78 is 16.2. The van der Waals surface area contributed by atoms with E-state index >= 15 is 0 Å². The molecule has 2 saturated heterocycles. The minimum atomic E-state index is -0.623. The Balaban J connectivity index is 1.39. The van der Waals surface area contributed by atoms with Gasteiger partial charge >= 0.3 is 11.9 Å². The maximum atomic E-state index is 14.2. The molecule has 1 unspecified atom stereocenters. The lowest BCUT2D eigenvalue weighted by molar-refractivity contribution is -0.552. The third-order valence-electron chi connectivity index (χ3n) is 6.74. The standard InChI is InChI=1S/C25H28FN6O2/c1-28-23-22(24(33)29(2)25(28)34)32(16-18-8-4-3-5-9-18)21(27-23)17-30-12-14-31(15-13-30)20-11-7-6-10-19(20)26/h3-11,22H,12-17H2,1-2H3/q+1. The Morgan fingerprint density at radius 1 is 0.941 bits per heavy atom. The first kappa shape index (κ1) is 22.2. The summed E-state index contributed by atoms with van der Waals surface area (Å²) >= 11 is 0. The van der Waals surface area contributed by atoms with Crippen molar-refractivity contribution in [2.24, 2.45) is 4.99 Å². The molecule has 3 amide bonds. The van der Waals surface area contributed by atoms with Gasteiger partial charge in [-0.05, 0) is 22.7 Å². The van der Waals surface area contributed by atoms with E-state index in [0.29, 0.717) is 37.7 Å². The highest BCUT2D eigenvalue weighted by atomic mass is 19.1. The van der Waals surface area contributed by atoms with Crippen molar-refractivity contribution in [3.8, 4) is 0 Å². The molecule has 2 aromatic carbocycles. The van der Waals surface area contributed by atoms with E-state index in [-0.39, 0.29) is 17.8 Å². The summed E-state index contributed by atoms with van der Waals surface area (Å²) in [7, 11) is 3.17. The zero-order valence-electron chi connectivity index (χ0n) is 19.4. The fourth-order valence-corrected chi connectivity index (χ4v) is 4.79. The maximum Gasteiger partial charge on any atom is 0.333 e. The fraction of sp³-hybridized carbons (Fsp3) is 0.360. The summed E-state index contributed by atoms with van der Waals surface area (Å²) in [6.45, 7) is 3.96. The van der Waals surface area contributed by atoms with Crippen molar-refractivity contribution in [2.45, 2.75) is 12.6 Å². The number of rotatable bonds is 5. The Labute approximate surface area is 198 Å². The molecule has 0 aromatic heterocycles. The minimum absolute atomic E-state index is 0.207. The third-order valence-corrected chi connectivity index (χ3v) is 6.74. The lowest BCUT2D eigenvalue weighted by Gasteiger charge is -2.35. The van der Waals surface area contributed by atoms with Gasteiger partial charge in [-0.15, -0.1) is 0 Å². The van der Waals surface area contributed by atoms with Crippen LogP contribution in [0.1, 0.15) is 5.56 Å². The molecule has 176 valence electrons. The number of hydrogen-bond donors (Lipinski definition) is 0. The van der Waals surface area contributed by atoms with Crippen LogP contribution in [0.25, 0.3) is 0 Å². The Morgan fingerprint density at radius 2 is 1.62 bits per heavy atom. The van der Waals surface area contributed by atoms with Gasteiger partial charge in [0.25, 0.3) is 17.8 Å². The van der Waals surface area contributed by atoms with E-state index in [2.05, 4.69) is 9.80 Å². The summed E-state index contributed by atoms with van der Waals surface area (Å²) in [5, 5.41) is 0. The van der Waals surface area contributed by atoms with E-state index in [9.17, 15) is 14.0 Å². The molecule has 0 bridgehead atoms. The summed E-state index contributed by atoms with van der Waals surface area (Å²) in [5.41, 5.74) is 1.69. The van der Waals surface area contributed by atoms with E-state index in [1.165, 1.54) is 18.0 Å². The molecule has 0 radical (unpaired) electrons. The van der Waals surface area contributed by atoms with Gasteiger partial charge in [0.15, 0.2) is 0 Å². The van der Waals surface area contributed by atoms with Crippen LogP contribution >= 0.6 is 0 Å². The van der Waals surface area contributed by atoms with Crippen LogP contribution in [-0.2, 0) is 11.3 Å². The van der Waals surface area contributed by atoms with E-state index in [0.717, 1.165) is 29.4 Å². The first-order valence-corrected chi connectivity index (χ1v) is 11.5. The Morgan fingerprint density at radius 3 is 2.32 bits per heavy atom. The number of hydrogen-bond acceptors (Lipinski definition) is 5. The lowest BCUT2D eigenvalue weighted by atomic mass is 10.1. The number of carbonyl (C=O) groups excluding carboxylic acids is 2. The minimum Gasteiger partial charge on any atom is -0.367 e. The van der Waals surface area contributed by atoms with E-state index in [4.69, 9.17) is 4.99 Å². The summed E-state index contributed by atoms with van der Waals surface area (Å²) in [5.74, 6) is 0.772. The molecular formula is C25H28FN6O2+. The molecule has 0 aliphatic carbocycles. The van der Waals surface area contributed by atoms with Gasteiger partial charge in [0, 0.05) is 40.3 Å². The number of benzene rings is 2. The van der Waals surface area contributed by atoms with Crippen LogP contribution in [0.4, 0.5) is 14.9 Å². The maximum absolute atomic E-state index is 14.2. The highest BCUT2D eigenvalue weighted by Crippen LogP contribution is 2.23. The Kier molecular flexibility index (Phi) is 5.87. The number of amidine groups is 2. The number of imide groups is 1. The number of fused-ring (bicyclic) bond motifs is 1. The fourth-order valence-electron chi connectivity index (χ4n) is 4.79. The topological polar surface area (TPSA) is 62.5 Å². The monoisotopic (exact) mass is 463 g/mol. The van der Waals surface area contributed by atoms with Crippen molar-refractivity contribution in [3.05, 3.63) is 66.0 Å². The number of para-hydroxylation sites is 1. The van der Waals surface area contributed by atoms with Crippen LogP contribution in [0.3, 0.4) is 0 Å². The summed E-state index contributed by atoms with van der Waals surface area (Å²) in [6, 6.07) is 15.8. The van der Waals surface area contributed by atoms with Gasteiger partial charge in [-0.2, -0.15) is 0 Å². The second-order valence-corrected chi connectivity index (χ2v) is 8.86. The Hall–Kier alpha value is -3.59. The van der Waals surface area contributed by atoms with Crippen LogP contribution in [0.15, 0.2) is 59.6 Å². The SMILES string of the molecule is CN1C(=O)C2C(=NC(CN3CCN(c4ccccc4F)CC3)=[N+]2Cc2ccccc2)N(C)C1=O. The van der Waals surface area contributed by atoms with Gasteiger partial charge < -0.3 is 4.90 Å². The van der Waals surface area contributed by atoms with Crippen LogP contribution in [-0.4, -0.2) is 95.7 Å². The number of urea groups is 1. The molecule has 5 rings (SSSR count). The van der Waals surface area contributed by atoms with Crippen molar-refractivity contribution in [2.75, 3.05) is 51.7 Å². The van der Waals surface area contributed by atoms with Gasteiger partial charge in [0.05, 0.1) is 5.69 Å². The molecule has 3 aliphatic heterocycles. The van der Waals surface area contributed by atoms with E-state index in [1.807, 2.05) is 47.0 Å². The molecule has 0 spiro atoms. The molecule has 8 nitrogen and oxygen atoms in total. The third kappa shape index (κ3) is 3.96. The van der Waals surface area contributed by atoms with E-state index in [1.54, 1.807) is 13.1 Å². The molecule has 3 aliphatic rings. The number of amides is 3. The second-order valence-electron chi connectivity index (χ2n) is 8.86. The quantitative estimate of drug-likeness (QED) is 0.636. The summed E-state index contributed by atoms with van der Waals surface area (Å²) in [4.78, 5) is 37.4. The smallest absolute Gasteiger partial charge is 0.333 e. The van der Waals surface area contributed by atoms with Crippen LogP contribution in [0, 0.1) is 5.82 Å². The molecule has 3 heterocycles. The number of carbonyl (C=O) groups is 2. The molecule has 34 heavy (non-hydrogen) atoms. The predicted molar refractivity (Wildman–Crippen MR) is 128 cm³/mol. The Bertz CT molecular complexity index is 1170. The second kappa shape index (κ2) is 8.98. The molecule has 2 fully saturated rings. The van der Waals surface area contributed by atoms with Crippen LogP contribution in [0.5, 0.6) is 0 Å².